The van der Waals surface area contributed by atoms with Gasteiger partial charge in [0.1, 0.15) is 0 Å². The summed E-state index contributed by atoms with van der Waals surface area (Å²) in [6.45, 7) is 0. The Labute approximate surface area is 124 Å². The Balaban J connectivity index is 1.87. The van der Waals surface area contributed by atoms with Gasteiger partial charge in [-0.25, -0.2) is 0 Å². The maximum Gasteiger partial charge on any atom is 0.0514 e. The molecule has 0 amide bonds. The van der Waals surface area contributed by atoms with E-state index in [-0.39, 0.29) is 0 Å². The summed E-state index contributed by atoms with van der Waals surface area (Å²) in [5.41, 5.74) is 2.29. The lowest BCUT2D eigenvalue weighted by Crippen LogP contribution is -1.89. The standard InChI is InChI=1S/C21H14/c1-3-13-20-16(7-1)9-5-11-18(20)15-19-12-6-10-17-8-2-4-14-21(17)19/h1-14H. The molecule has 0 heteroatoms. The highest BCUT2D eigenvalue weighted by molar-refractivity contribution is 5.91. The third-order valence-electron chi connectivity index (χ3n) is 3.85. The van der Waals surface area contributed by atoms with Crippen LogP contribution in [0, 0.1) is 6.42 Å². The lowest BCUT2D eigenvalue weighted by molar-refractivity contribution is 1.50. The quantitative estimate of drug-likeness (QED) is 0.451. The van der Waals surface area contributed by atoms with Crippen LogP contribution in [-0.4, -0.2) is 0 Å². The van der Waals surface area contributed by atoms with Crippen LogP contribution >= 0.6 is 0 Å². The van der Waals surface area contributed by atoms with Gasteiger partial charge in [-0.15, -0.1) is 0 Å². The molecule has 0 saturated carbocycles. The Hall–Kier alpha value is -2.60. The third kappa shape index (κ3) is 2.19. The van der Waals surface area contributed by atoms with Gasteiger partial charge in [-0.05, 0) is 32.7 Å². The molecule has 98 valence electrons. The molecule has 0 spiro atoms. The molecule has 0 aliphatic carbocycles. The first-order valence-corrected chi connectivity index (χ1v) is 7.14. The molecule has 4 rings (SSSR count). The fraction of sp³-hybridized carbons (Fsp3) is 0. The summed E-state index contributed by atoms with van der Waals surface area (Å²) in [6.07, 6.45) is 3.59. The second-order valence-electron chi connectivity index (χ2n) is 5.18. The second-order valence-corrected chi connectivity index (χ2v) is 5.18. The molecule has 0 atom stereocenters. The van der Waals surface area contributed by atoms with Crippen LogP contribution < -0.4 is 0 Å². The first-order valence-electron chi connectivity index (χ1n) is 7.14. The van der Waals surface area contributed by atoms with Gasteiger partial charge in [-0.1, -0.05) is 84.9 Å². The van der Waals surface area contributed by atoms with E-state index in [1.54, 1.807) is 0 Å². The monoisotopic (exact) mass is 266 g/mol. The Bertz CT molecular complexity index is 831. The fourth-order valence-corrected chi connectivity index (χ4v) is 2.81. The first-order chi connectivity index (χ1) is 10.4. The van der Waals surface area contributed by atoms with Crippen molar-refractivity contribution in [3.05, 3.63) is 102 Å². The summed E-state index contributed by atoms with van der Waals surface area (Å²) in [5.74, 6) is 0. The average Bonchev–Trinajstić information content (AvgIpc) is 2.56. The van der Waals surface area contributed by atoms with Crippen LogP contribution in [0.15, 0.2) is 84.9 Å². The first kappa shape index (κ1) is 12.2. The Morgan fingerprint density at radius 2 is 0.857 bits per heavy atom. The zero-order chi connectivity index (χ0) is 14.1. The highest BCUT2D eigenvalue weighted by Crippen LogP contribution is 2.26. The van der Waals surface area contributed by atoms with Crippen molar-refractivity contribution in [3.8, 4) is 0 Å². The number of hydrogen-bond acceptors (Lipinski definition) is 0. The predicted octanol–water partition coefficient (Wildman–Crippen LogP) is 5.47. The van der Waals surface area contributed by atoms with Gasteiger partial charge in [0.05, 0.1) is 6.42 Å². The van der Waals surface area contributed by atoms with Crippen LogP contribution in [0.2, 0.25) is 0 Å². The van der Waals surface area contributed by atoms with E-state index >= 15 is 0 Å². The normalized spacial score (nSPS) is 11.0. The number of fused-ring (bicyclic) bond motifs is 2. The van der Waals surface area contributed by atoms with E-state index in [2.05, 4.69) is 91.3 Å². The van der Waals surface area contributed by atoms with E-state index in [1.165, 1.54) is 21.5 Å². The maximum absolute atomic E-state index is 3.59. The summed E-state index contributed by atoms with van der Waals surface area (Å²) >= 11 is 0. The zero-order valence-electron chi connectivity index (χ0n) is 11.6. The van der Waals surface area contributed by atoms with Gasteiger partial charge in [0.2, 0.25) is 0 Å². The third-order valence-corrected chi connectivity index (χ3v) is 3.85. The molecule has 0 N–H and O–H groups in total. The summed E-state index contributed by atoms with van der Waals surface area (Å²) in [5, 5.41) is 4.99. The van der Waals surface area contributed by atoms with Crippen molar-refractivity contribution in [2.75, 3.05) is 0 Å². The predicted molar refractivity (Wildman–Crippen MR) is 89.3 cm³/mol. The lowest BCUT2D eigenvalue weighted by atomic mass is 9.95. The van der Waals surface area contributed by atoms with Gasteiger partial charge in [0.15, 0.2) is 0 Å². The molecule has 0 unspecified atom stereocenters. The van der Waals surface area contributed by atoms with Gasteiger partial charge in [-0.3, -0.25) is 0 Å². The van der Waals surface area contributed by atoms with Crippen LogP contribution in [0.25, 0.3) is 21.5 Å². The van der Waals surface area contributed by atoms with Crippen molar-refractivity contribution in [2.45, 2.75) is 0 Å². The minimum atomic E-state index is 1.14. The molecular formula is C21H14. The van der Waals surface area contributed by atoms with Crippen LogP contribution in [-0.2, 0) is 0 Å². The van der Waals surface area contributed by atoms with E-state index < -0.39 is 0 Å². The number of benzene rings is 4. The minimum Gasteiger partial charge on any atom is -0.0616 e. The molecule has 2 radical (unpaired) electrons. The summed E-state index contributed by atoms with van der Waals surface area (Å²) in [4.78, 5) is 0. The van der Waals surface area contributed by atoms with Gasteiger partial charge in [-0.2, -0.15) is 0 Å². The topological polar surface area (TPSA) is 0 Å². The second kappa shape index (κ2) is 5.06. The van der Waals surface area contributed by atoms with Crippen LogP contribution in [0.3, 0.4) is 0 Å². The van der Waals surface area contributed by atoms with Crippen LogP contribution in [0.5, 0.6) is 0 Å². The van der Waals surface area contributed by atoms with Crippen molar-refractivity contribution in [2.24, 2.45) is 0 Å². The molecule has 0 fully saturated rings. The summed E-state index contributed by atoms with van der Waals surface area (Å²) in [6, 6.07) is 29.6. The molecule has 0 aliphatic heterocycles. The molecule has 0 nitrogen and oxygen atoms in total. The Morgan fingerprint density at radius 3 is 1.38 bits per heavy atom. The van der Waals surface area contributed by atoms with Gasteiger partial charge in [0, 0.05) is 0 Å². The molecule has 21 heavy (non-hydrogen) atoms. The van der Waals surface area contributed by atoms with Gasteiger partial charge in [0.25, 0.3) is 0 Å². The number of hydrogen-bond donors (Lipinski definition) is 0. The summed E-state index contributed by atoms with van der Waals surface area (Å²) < 4.78 is 0. The van der Waals surface area contributed by atoms with Crippen LogP contribution in [0.4, 0.5) is 0 Å². The van der Waals surface area contributed by atoms with Crippen molar-refractivity contribution >= 4 is 21.5 Å². The fourth-order valence-electron chi connectivity index (χ4n) is 2.81. The SMILES string of the molecule is [C](c1cccc2ccccc12)c1cccc2ccccc12. The Morgan fingerprint density at radius 1 is 0.429 bits per heavy atom. The van der Waals surface area contributed by atoms with Crippen molar-refractivity contribution in [3.63, 3.8) is 0 Å². The van der Waals surface area contributed by atoms with Gasteiger partial charge < -0.3 is 0 Å². The lowest BCUT2D eigenvalue weighted by Gasteiger charge is -2.08. The van der Waals surface area contributed by atoms with Crippen LogP contribution in [0.1, 0.15) is 11.1 Å². The van der Waals surface area contributed by atoms with E-state index in [9.17, 15) is 0 Å². The molecule has 0 aliphatic rings. The van der Waals surface area contributed by atoms with Crippen molar-refractivity contribution < 1.29 is 0 Å². The van der Waals surface area contributed by atoms with E-state index in [1.807, 2.05) is 0 Å². The highest BCUT2D eigenvalue weighted by Gasteiger charge is 2.05. The van der Waals surface area contributed by atoms with E-state index in [4.69, 9.17) is 0 Å². The molecule has 0 bridgehead atoms. The van der Waals surface area contributed by atoms with E-state index in [0.717, 1.165) is 11.1 Å². The Kier molecular flexibility index (Phi) is 2.93. The zero-order valence-corrected chi connectivity index (χ0v) is 11.6. The average molecular weight is 266 g/mol. The summed E-state index contributed by atoms with van der Waals surface area (Å²) in [7, 11) is 0. The molecule has 0 saturated heterocycles. The highest BCUT2D eigenvalue weighted by atomic mass is 14.1. The van der Waals surface area contributed by atoms with E-state index in [0.29, 0.717) is 0 Å². The minimum absolute atomic E-state index is 1.14. The molecular weight excluding hydrogens is 252 g/mol. The molecule has 0 aromatic heterocycles. The van der Waals surface area contributed by atoms with Gasteiger partial charge >= 0.3 is 0 Å². The van der Waals surface area contributed by atoms with Crippen molar-refractivity contribution in [1.82, 2.24) is 0 Å². The molecule has 4 aromatic rings. The number of rotatable bonds is 2. The largest absolute Gasteiger partial charge is 0.0616 e. The smallest absolute Gasteiger partial charge is 0.0514 e. The van der Waals surface area contributed by atoms with Crippen molar-refractivity contribution in [1.29, 1.82) is 0 Å². The molecule has 0 heterocycles. The molecule has 4 aromatic carbocycles. The maximum atomic E-state index is 3.59.